The lowest BCUT2D eigenvalue weighted by molar-refractivity contribution is 0.223. The summed E-state index contributed by atoms with van der Waals surface area (Å²) in [6, 6.07) is 7.59. The van der Waals surface area contributed by atoms with Gasteiger partial charge in [-0.3, -0.25) is 0 Å². The van der Waals surface area contributed by atoms with Gasteiger partial charge in [0.15, 0.2) is 0 Å². The highest BCUT2D eigenvalue weighted by Gasteiger charge is 2.16. The maximum absolute atomic E-state index is 5.96. The van der Waals surface area contributed by atoms with Crippen LogP contribution in [0.3, 0.4) is 0 Å². The van der Waals surface area contributed by atoms with Gasteiger partial charge in [0.05, 0.1) is 5.02 Å². The molecule has 0 amide bonds. The fourth-order valence-electron chi connectivity index (χ4n) is 1.45. The topological polar surface area (TPSA) is 21.3 Å². The van der Waals surface area contributed by atoms with Crippen LogP contribution in [-0.4, -0.2) is 19.2 Å². The molecule has 1 atom stereocenters. The third-order valence-electron chi connectivity index (χ3n) is 2.15. The lowest BCUT2D eigenvalue weighted by Gasteiger charge is -2.13. The zero-order chi connectivity index (χ0) is 9.10. The molecule has 2 nitrogen and oxygen atoms in total. The van der Waals surface area contributed by atoms with Gasteiger partial charge in [-0.25, -0.2) is 0 Å². The molecule has 1 N–H and O–H groups in total. The monoisotopic (exact) mass is 233 g/mol. The van der Waals surface area contributed by atoms with Gasteiger partial charge >= 0.3 is 0 Å². The zero-order valence-electron chi connectivity index (χ0n) is 7.70. The Kier molecular flexibility index (Phi) is 4.52. The molecule has 0 bridgehead atoms. The van der Waals surface area contributed by atoms with E-state index in [1.54, 1.807) is 0 Å². The van der Waals surface area contributed by atoms with E-state index >= 15 is 0 Å². The van der Waals surface area contributed by atoms with E-state index in [0.717, 1.165) is 25.3 Å². The molecule has 1 aliphatic rings. The molecule has 0 aliphatic carbocycles. The van der Waals surface area contributed by atoms with Gasteiger partial charge in [0.1, 0.15) is 11.9 Å². The first-order valence-corrected chi connectivity index (χ1v) is 4.86. The highest BCUT2D eigenvalue weighted by molar-refractivity contribution is 6.32. The number of halogens is 2. The van der Waals surface area contributed by atoms with Crippen molar-refractivity contribution in [2.75, 3.05) is 13.1 Å². The molecule has 1 aromatic carbocycles. The highest BCUT2D eigenvalue weighted by atomic mass is 35.5. The van der Waals surface area contributed by atoms with Crippen molar-refractivity contribution in [3.8, 4) is 5.75 Å². The molecule has 0 unspecified atom stereocenters. The van der Waals surface area contributed by atoms with Gasteiger partial charge in [-0.15, -0.1) is 12.4 Å². The van der Waals surface area contributed by atoms with Gasteiger partial charge < -0.3 is 10.1 Å². The molecule has 0 saturated carbocycles. The number of hydrogen-bond acceptors (Lipinski definition) is 2. The minimum atomic E-state index is 0. The molecule has 2 rings (SSSR count). The molecule has 1 heterocycles. The molecule has 78 valence electrons. The van der Waals surface area contributed by atoms with Gasteiger partial charge in [-0.1, -0.05) is 23.7 Å². The fourth-order valence-corrected chi connectivity index (χ4v) is 1.63. The second-order valence-corrected chi connectivity index (χ2v) is 3.57. The first-order chi connectivity index (χ1) is 6.36. The second-order valence-electron chi connectivity index (χ2n) is 3.16. The van der Waals surface area contributed by atoms with Crippen molar-refractivity contribution in [2.24, 2.45) is 0 Å². The molecule has 0 aromatic heterocycles. The van der Waals surface area contributed by atoms with Crippen LogP contribution in [0.4, 0.5) is 0 Å². The number of benzene rings is 1. The number of hydrogen-bond donors (Lipinski definition) is 1. The molecule has 0 radical (unpaired) electrons. The average molecular weight is 234 g/mol. The SMILES string of the molecule is Cl.Clc1ccccc1O[C@@H]1CCNC1. The number of para-hydroxylation sites is 1. The van der Waals surface area contributed by atoms with Gasteiger partial charge in [-0.05, 0) is 25.1 Å². The van der Waals surface area contributed by atoms with Crippen molar-refractivity contribution in [2.45, 2.75) is 12.5 Å². The van der Waals surface area contributed by atoms with Crippen LogP contribution in [0.25, 0.3) is 0 Å². The number of rotatable bonds is 2. The molecular weight excluding hydrogens is 221 g/mol. The lowest BCUT2D eigenvalue weighted by atomic mass is 10.3. The van der Waals surface area contributed by atoms with Crippen molar-refractivity contribution in [3.05, 3.63) is 29.3 Å². The molecule has 1 aromatic rings. The fraction of sp³-hybridized carbons (Fsp3) is 0.400. The van der Waals surface area contributed by atoms with Crippen molar-refractivity contribution in [3.63, 3.8) is 0 Å². The third-order valence-corrected chi connectivity index (χ3v) is 2.46. The van der Waals surface area contributed by atoms with Crippen molar-refractivity contribution >= 4 is 24.0 Å². The van der Waals surface area contributed by atoms with Gasteiger partial charge in [0, 0.05) is 6.54 Å². The van der Waals surface area contributed by atoms with Gasteiger partial charge in [0.25, 0.3) is 0 Å². The van der Waals surface area contributed by atoms with Crippen LogP contribution in [0.1, 0.15) is 6.42 Å². The van der Waals surface area contributed by atoms with E-state index in [2.05, 4.69) is 5.32 Å². The van der Waals surface area contributed by atoms with E-state index in [1.807, 2.05) is 24.3 Å². The number of ether oxygens (including phenoxy) is 1. The molecule has 1 saturated heterocycles. The first kappa shape index (κ1) is 11.6. The minimum absolute atomic E-state index is 0. The Labute approximate surface area is 95.0 Å². The van der Waals surface area contributed by atoms with Gasteiger partial charge in [-0.2, -0.15) is 0 Å². The van der Waals surface area contributed by atoms with Gasteiger partial charge in [0.2, 0.25) is 0 Å². The first-order valence-electron chi connectivity index (χ1n) is 4.48. The summed E-state index contributed by atoms with van der Waals surface area (Å²) in [6.45, 7) is 1.96. The van der Waals surface area contributed by atoms with Crippen LogP contribution < -0.4 is 10.1 Å². The van der Waals surface area contributed by atoms with E-state index in [9.17, 15) is 0 Å². The Morgan fingerprint density at radius 3 is 2.79 bits per heavy atom. The van der Waals surface area contributed by atoms with E-state index in [0.29, 0.717) is 5.02 Å². The van der Waals surface area contributed by atoms with E-state index < -0.39 is 0 Å². The Hall–Kier alpha value is -0.440. The van der Waals surface area contributed by atoms with Crippen molar-refractivity contribution in [1.82, 2.24) is 5.32 Å². The summed E-state index contributed by atoms with van der Waals surface area (Å²) >= 11 is 5.96. The zero-order valence-corrected chi connectivity index (χ0v) is 9.27. The van der Waals surface area contributed by atoms with E-state index in [-0.39, 0.29) is 18.5 Å². The molecule has 0 spiro atoms. The van der Waals surface area contributed by atoms with Crippen LogP contribution in [-0.2, 0) is 0 Å². The average Bonchev–Trinajstić information content (AvgIpc) is 2.61. The summed E-state index contributed by atoms with van der Waals surface area (Å²) in [5.74, 6) is 0.790. The largest absolute Gasteiger partial charge is 0.487 e. The minimum Gasteiger partial charge on any atom is -0.487 e. The Balaban J connectivity index is 0.000000980. The third kappa shape index (κ3) is 2.77. The summed E-state index contributed by atoms with van der Waals surface area (Å²) in [4.78, 5) is 0. The van der Waals surface area contributed by atoms with E-state index in [4.69, 9.17) is 16.3 Å². The van der Waals surface area contributed by atoms with Crippen LogP contribution >= 0.6 is 24.0 Å². The lowest BCUT2D eigenvalue weighted by Crippen LogP contribution is -2.19. The normalized spacial score (nSPS) is 20.2. The molecule has 14 heavy (non-hydrogen) atoms. The highest BCUT2D eigenvalue weighted by Crippen LogP contribution is 2.25. The Morgan fingerprint density at radius 2 is 2.14 bits per heavy atom. The molecular formula is C10H13Cl2NO. The van der Waals surface area contributed by atoms with Crippen molar-refractivity contribution in [1.29, 1.82) is 0 Å². The molecule has 1 fully saturated rings. The van der Waals surface area contributed by atoms with Crippen LogP contribution in [0.5, 0.6) is 5.75 Å². The number of nitrogens with one attached hydrogen (secondary N) is 1. The standard InChI is InChI=1S/C10H12ClNO.ClH/c11-9-3-1-2-4-10(9)13-8-5-6-12-7-8;/h1-4,8,12H,5-7H2;1H/t8-;/m1./s1. The summed E-state index contributed by atoms with van der Waals surface area (Å²) in [5.41, 5.74) is 0. The Morgan fingerprint density at radius 1 is 1.36 bits per heavy atom. The van der Waals surface area contributed by atoms with Crippen LogP contribution in [0, 0.1) is 0 Å². The predicted molar refractivity (Wildman–Crippen MR) is 60.6 cm³/mol. The maximum atomic E-state index is 5.96. The quantitative estimate of drug-likeness (QED) is 0.848. The molecule has 4 heteroatoms. The van der Waals surface area contributed by atoms with E-state index in [1.165, 1.54) is 0 Å². The van der Waals surface area contributed by atoms with Crippen molar-refractivity contribution < 1.29 is 4.74 Å². The second kappa shape index (κ2) is 5.44. The van der Waals surface area contributed by atoms with Crippen LogP contribution in [0.15, 0.2) is 24.3 Å². The van der Waals surface area contributed by atoms with Crippen LogP contribution in [0.2, 0.25) is 5.02 Å². The summed E-state index contributed by atoms with van der Waals surface area (Å²) < 4.78 is 5.71. The predicted octanol–water partition coefficient (Wildman–Crippen LogP) is 2.50. The smallest absolute Gasteiger partial charge is 0.138 e. The molecule has 1 aliphatic heterocycles. The maximum Gasteiger partial charge on any atom is 0.138 e. The summed E-state index contributed by atoms with van der Waals surface area (Å²) in [5, 5.41) is 3.93. The summed E-state index contributed by atoms with van der Waals surface area (Å²) in [6.07, 6.45) is 1.34. The Bertz CT molecular complexity index is 287. The summed E-state index contributed by atoms with van der Waals surface area (Å²) in [7, 11) is 0.